The van der Waals surface area contributed by atoms with Gasteiger partial charge in [0.25, 0.3) is 5.91 Å². The van der Waals surface area contributed by atoms with E-state index in [1.807, 2.05) is 0 Å². The second-order valence-corrected chi connectivity index (χ2v) is 5.75. The molecule has 7 nitrogen and oxygen atoms in total. The number of hydrogen-bond acceptors (Lipinski definition) is 5. The SMILES string of the molecule is CC(=O)c1cccc(NC(=O)[C@@H](C)n2nnc(-c3cccc(F)c3)n2)c1. The number of nitrogens with zero attached hydrogens (tertiary/aromatic N) is 4. The van der Waals surface area contributed by atoms with Crippen molar-refractivity contribution in [1.29, 1.82) is 0 Å². The molecule has 0 aliphatic carbocycles. The minimum absolute atomic E-state index is 0.0909. The number of carbonyl (C=O) groups excluding carboxylic acids is 2. The molecule has 1 heterocycles. The van der Waals surface area contributed by atoms with Gasteiger partial charge in [-0.05, 0) is 43.3 Å². The number of halogens is 1. The summed E-state index contributed by atoms with van der Waals surface area (Å²) in [5.41, 5.74) is 1.47. The van der Waals surface area contributed by atoms with Crippen molar-refractivity contribution in [2.45, 2.75) is 19.9 Å². The smallest absolute Gasteiger partial charge is 0.250 e. The van der Waals surface area contributed by atoms with Crippen LogP contribution in [0.2, 0.25) is 0 Å². The Morgan fingerprint density at radius 2 is 1.92 bits per heavy atom. The quantitative estimate of drug-likeness (QED) is 0.712. The minimum atomic E-state index is -0.745. The van der Waals surface area contributed by atoms with Gasteiger partial charge < -0.3 is 5.32 Å². The molecule has 3 rings (SSSR count). The molecule has 26 heavy (non-hydrogen) atoms. The normalized spacial score (nSPS) is 11.8. The van der Waals surface area contributed by atoms with Crippen LogP contribution in [0.3, 0.4) is 0 Å². The van der Waals surface area contributed by atoms with Gasteiger partial charge in [0, 0.05) is 16.8 Å². The van der Waals surface area contributed by atoms with Gasteiger partial charge in [0.15, 0.2) is 5.78 Å². The second-order valence-electron chi connectivity index (χ2n) is 5.75. The van der Waals surface area contributed by atoms with E-state index in [2.05, 4.69) is 20.7 Å². The van der Waals surface area contributed by atoms with Crippen LogP contribution in [0.25, 0.3) is 11.4 Å². The molecule has 0 aliphatic heterocycles. The van der Waals surface area contributed by atoms with Crippen molar-refractivity contribution in [2.75, 3.05) is 5.32 Å². The molecule has 0 saturated carbocycles. The number of ketones is 1. The van der Waals surface area contributed by atoms with Gasteiger partial charge in [-0.2, -0.15) is 4.80 Å². The van der Waals surface area contributed by atoms with Crippen LogP contribution in [0.4, 0.5) is 10.1 Å². The molecule has 0 fully saturated rings. The summed E-state index contributed by atoms with van der Waals surface area (Å²) in [6, 6.07) is 11.7. The molecule has 1 atom stereocenters. The Hall–Kier alpha value is -3.42. The van der Waals surface area contributed by atoms with Gasteiger partial charge in [-0.25, -0.2) is 4.39 Å². The van der Waals surface area contributed by atoms with E-state index in [-0.39, 0.29) is 17.5 Å². The molecule has 8 heteroatoms. The maximum Gasteiger partial charge on any atom is 0.250 e. The third kappa shape index (κ3) is 3.80. The molecule has 0 spiro atoms. The molecule has 3 aromatic rings. The Bertz CT molecular complexity index is 969. The lowest BCUT2D eigenvalue weighted by Crippen LogP contribution is -2.25. The van der Waals surface area contributed by atoms with Gasteiger partial charge in [-0.15, -0.1) is 10.2 Å². The molecule has 1 amide bonds. The molecule has 1 N–H and O–H groups in total. The molecule has 132 valence electrons. The Labute approximate surface area is 148 Å². The monoisotopic (exact) mass is 353 g/mol. The second kappa shape index (κ2) is 7.22. The van der Waals surface area contributed by atoms with Crippen LogP contribution in [-0.4, -0.2) is 31.9 Å². The number of rotatable bonds is 5. The van der Waals surface area contributed by atoms with E-state index < -0.39 is 11.9 Å². The Kier molecular flexibility index (Phi) is 4.83. The fourth-order valence-corrected chi connectivity index (χ4v) is 2.30. The van der Waals surface area contributed by atoms with Crippen LogP contribution >= 0.6 is 0 Å². The van der Waals surface area contributed by atoms with Crippen molar-refractivity contribution in [2.24, 2.45) is 0 Å². The lowest BCUT2D eigenvalue weighted by Gasteiger charge is -2.11. The van der Waals surface area contributed by atoms with Crippen LogP contribution in [0.5, 0.6) is 0 Å². The van der Waals surface area contributed by atoms with Crippen molar-refractivity contribution in [3.8, 4) is 11.4 Å². The number of amides is 1. The van der Waals surface area contributed by atoms with Crippen LogP contribution in [0, 0.1) is 5.82 Å². The fraction of sp³-hybridized carbons (Fsp3) is 0.167. The highest BCUT2D eigenvalue weighted by Crippen LogP contribution is 2.17. The summed E-state index contributed by atoms with van der Waals surface area (Å²) in [5, 5.41) is 14.6. The van der Waals surface area contributed by atoms with Crippen molar-refractivity contribution in [3.05, 3.63) is 59.9 Å². The summed E-state index contributed by atoms with van der Waals surface area (Å²) in [4.78, 5) is 25.0. The van der Waals surface area contributed by atoms with Crippen LogP contribution in [0.15, 0.2) is 48.5 Å². The number of carbonyl (C=O) groups is 2. The molecule has 2 aromatic carbocycles. The maximum atomic E-state index is 13.3. The number of hydrogen-bond donors (Lipinski definition) is 1. The highest BCUT2D eigenvalue weighted by molar-refractivity contribution is 5.97. The maximum absolute atomic E-state index is 13.3. The van der Waals surface area contributed by atoms with E-state index in [9.17, 15) is 14.0 Å². The third-order valence-corrected chi connectivity index (χ3v) is 3.77. The van der Waals surface area contributed by atoms with Crippen molar-refractivity contribution in [1.82, 2.24) is 20.2 Å². The van der Waals surface area contributed by atoms with E-state index in [1.165, 1.54) is 19.1 Å². The van der Waals surface area contributed by atoms with Gasteiger partial charge in [0.05, 0.1) is 0 Å². The molecule has 1 aromatic heterocycles. The lowest BCUT2D eigenvalue weighted by molar-refractivity contribution is -0.119. The highest BCUT2D eigenvalue weighted by atomic mass is 19.1. The van der Waals surface area contributed by atoms with E-state index in [1.54, 1.807) is 43.3 Å². The van der Waals surface area contributed by atoms with Gasteiger partial charge in [0.1, 0.15) is 11.9 Å². The van der Waals surface area contributed by atoms with Crippen LogP contribution in [0.1, 0.15) is 30.2 Å². The van der Waals surface area contributed by atoms with Gasteiger partial charge >= 0.3 is 0 Å². The fourth-order valence-electron chi connectivity index (χ4n) is 2.30. The topological polar surface area (TPSA) is 89.8 Å². The molecular weight excluding hydrogens is 337 g/mol. The first-order chi connectivity index (χ1) is 12.4. The largest absolute Gasteiger partial charge is 0.324 e. The van der Waals surface area contributed by atoms with E-state index in [4.69, 9.17) is 0 Å². The first-order valence-corrected chi connectivity index (χ1v) is 7.91. The number of tetrazole rings is 1. The summed E-state index contributed by atoms with van der Waals surface area (Å²) in [6.07, 6.45) is 0. The van der Waals surface area contributed by atoms with Crippen molar-refractivity contribution < 1.29 is 14.0 Å². The molecule has 0 bridgehead atoms. The van der Waals surface area contributed by atoms with Crippen LogP contribution < -0.4 is 5.32 Å². The van der Waals surface area contributed by atoms with Gasteiger partial charge in [-0.1, -0.05) is 24.3 Å². The predicted molar refractivity (Wildman–Crippen MR) is 93.0 cm³/mol. The summed E-state index contributed by atoms with van der Waals surface area (Å²) >= 11 is 0. The average Bonchev–Trinajstić information content (AvgIpc) is 3.11. The zero-order valence-corrected chi connectivity index (χ0v) is 14.2. The number of aromatic nitrogens is 4. The van der Waals surface area contributed by atoms with Gasteiger partial charge in [0.2, 0.25) is 5.82 Å². The standard InChI is InChI=1S/C18H16FN5O2/c1-11(18(26)20-16-8-4-5-13(10-16)12(2)25)24-22-17(21-23-24)14-6-3-7-15(19)9-14/h3-11H,1-2H3,(H,20,26)/t11-/m1/s1. The Morgan fingerprint density at radius 3 is 2.65 bits per heavy atom. The Balaban J connectivity index is 1.75. The summed E-state index contributed by atoms with van der Waals surface area (Å²) < 4.78 is 13.3. The lowest BCUT2D eigenvalue weighted by atomic mass is 10.1. The van der Waals surface area contributed by atoms with E-state index >= 15 is 0 Å². The van der Waals surface area contributed by atoms with Crippen molar-refractivity contribution in [3.63, 3.8) is 0 Å². The molecular formula is C18H16FN5O2. The predicted octanol–water partition coefficient (Wildman–Crippen LogP) is 2.88. The average molecular weight is 353 g/mol. The molecule has 0 unspecified atom stereocenters. The minimum Gasteiger partial charge on any atom is -0.324 e. The Morgan fingerprint density at radius 1 is 1.15 bits per heavy atom. The third-order valence-electron chi connectivity index (χ3n) is 3.77. The van der Waals surface area contributed by atoms with E-state index in [0.717, 1.165) is 4.80 Å². The number of Topliss-reactive ketones (excluding diaryl/α,β-unsaturated/α-hetero) is 1. The number of nitrogens with one attached hydrogen (secondary N) is 1. The molecule has 0 aliphatic rings. The first-order valence-electron chi connectivity index (χ1n) is 7.91. The molecule has 0 radical (unpaired) electrons. The molecule has 0 saturated heterocycles. The highest BCUT2D eigenvalue weighted by Gasteiger charge is 2.19. The van der Waals surface area contributed by atoms with Crippen LogP contribution in [-0.2, 0) is 4.79 Å². The summed E-state index contributed by atoms with van der Waals surface area (Å²) in [5.74, 6) is -0.640. The number of anilines is 1. The zero-order chi connectivity index (χ0) is 18.7. The summed E-state index contributed by atoms with van der Waals surface area (Å²) in [7, 11) is 0. The van der Waals surface area contributed by atoms with Gasteiger partial charge in [-0.3, -0.25) is 9.59 Å². The van der Waals surface area contributed by atoms with Crippen molar-refractivity contribution >= 4 is 17.4 Å². The summed E-state index contributed by atoms with van der Waals surface area (Å²) in [6.45, 7) is 3.07. The van der Waals surface area contributed by atoms with E-state index in [0.29, 0.717) is 16.8 Å². The number of benzene rings is 2. The first kappa shape index (κ1) is 17.4. The zero-order valence-electron chi connectivity index (χ0n) is 14.2.